The van der Waals surface area contributed by atoms with Crippen molar-refractivity contribution in [3.05, 3.63) is 134 Å². The topological polar surface area (TPSA) is 205 Å². The number of aromatic nitrogens is 1. The van der Waals surface area contributed by atoms with Gasteiger partial charge < -0.3 is 37.9 Å². The second kappa shape index (κ2) is 34.8. The largest absolute Gasteiger partial charge is 0.494 e. The fourth-order valence-corrected chi connectivity index (χ4v) is 11.6. The standard InChI is InChI=1S/C70H81N3O14S/c1-4-7-8-15-40-73(70-72-61-20-13-14-21-63(61)88-70)71-48-55-45-54-46-60(86-68(78)51-24-22-49(23-25-51)66(76)84-58-36-32-56(33-37-58)80-41-16-9-11-18-43-82-64(74)5-2)31-30-53(54)47-62(55)87-69(79)52-28-26-50(27-29-52)67(77)85-59-38-34-57(35-39-59)81-42-17-10-12-19-44-83-65(75)6-3/h5-6,13-14,20-21,30-39,45-52H,2-4,7-12,15-19,22-29,40-44H2,1H3. The number of thiazole rings is 1. The number of ether oxygens (including phenoxy) is 8. The highest BCUT2D eigenvalue weighted by Crippen LogP contribution is 2.37. The molecule has 1 heterocycles. The van der Waals surface area contributed by atoms with Crippen molar-refractivity contribution in [1.29, 1.82) is 0 Å². The van der Waals surface area contributed by atoms with Crippen LogP contribution in [-0.4, -0.2) is 80.0 Å². The zero-order chi connectivity index (χ0) is 61.9. The molecular formula is C70H81N3O14S. The Bertz CT molecular complexity index is 3270. The molecule has 17 nitrogen and oxygen atoms in total. The molecule has 1 aromatic heterocycles. The number of unbranched alkanes of at least 4 members (excludes halogenated alkanes) is 9. The van der Waals surface area contributed by atoms with Crippen LogP contribution in [0.4, 0.5) is 5.13 Å². The molecule has 2 aliphatic rings. The van der Waals surface area contributed by atoms with Gasteiger partial charge in [-0.2, -0.15) is 5.10 Å². The zero-order valence-corrected chi connectivity index (χ0v) is 51.2. The lowest BCUT2D eigenvalue weighted by molar-refractivity contribution is -0.145. The lowest BCUT2D eigenvalue weighted by Crippen LogP contribution is -2.30. The van der Waals surface area contributed by atoms with Gasteiger partial charge in [-0.05, 0) is 205 Å². The van der Waals surface area contributed by atoms with Crippen LogP contribution < -0.4 is 33.4 Å². The first-order chi connectivity index (χ1) is 42.9. The summed E-state index contributed by atoms with van der Waals surface area (Å²) in [7, 11) is 0. The minimum Gasteiger partial charge on any atom is -0.494 e. The van der Waals surface area contributed by atoms with Crippen molar-refractivity contribution in [2.24, 2.45) is 28.8 Å². The number of hydrazone groups is 1. The van der Waals surface area contributed by atoms with Crippen molar-refractivity contribution in [3.63, 3.8) is 0 Å². The minimum absolute atomic E-state index is 0.321. The number of esters is 6. The highest BCUT2D eigenvalue weighted by atomic mass is 32.1. The van der Waals surface area contributed by atoms with Crippen LogP contribution in [0.3, 0.4) is 0 Å². The van der Waals surface area contributed by atoms with E-state index in [9.17, 15) is 28.8 Å². The number of hydrogen-bond acceptors (Lipinski definition) is 18. The van der Waals surface area contributed by atoms with Crippen molar-refractivity contribution >= 4 is 79.5 Å². The summed E-state index contributed by atoms with van der Waals surface area (Å²) in [6.07, 6.45) is 18.8. The Hall–Kier alpha value is -8.38. The van der Waals surface area contributed by atoms with E-state index in [-0.39, 0.29) is 29.7 Å². The Morgan fingerprint density at radius 1 is 0.511 bits per heavy atom. The molecule has 0 saturated heterocycles. The molecule has 0 atom stereocenters. The van der Waals surface area contributed by atoms with Gasteiger partial charge in [0.1, 0.15) is 34.5 Å². The average molecular weight is 1220 g/mol. The maximum Gasteiger partial charge on any atom is 0.330 e. The number of para-hydroxylation sites is 1. The van der Waals surface area contributed by atoms with Gasteiger partial charge in [0, 0.05) is 24.3 Å². The molecule has 8 rings (SSSR count). The molecule has 2 saturated carbocycles. The summed E-state index contributed by atoms with van der Waals surface area (Å²) in [4.78, 5) is 81.7. The molecule has 466 valence electrons. The third-order valence-corrected chi connectivity index (χ3v) is 16.8. The number of carbonyl (C=O) groups is 6. The normalized spacial score (nSPS) is 16.5. The second-order valence-electron chi connectivity index (χ2n) is 22.3. The number of nitrogens with zero attached hydrogens (tertiary/aromatic N) is 3. The molecule has 6 aromatic rings. The number of anilines is 1. The number of hydrogen-bond donors (Lipinski definition) is 0. The van der Waals surface area contributed by atoms with Crippen LogP contribution in [0.15, 0.2) is 134 Å². The van der Waals surface area contributed by atoms with Crippen LogP contribution in [0, 0.1) is 23.7 Å². The molecule has 0 amide bonds. The van der Waals surface area contributed by atoms with E-state index in [0.717, 1.165) is 115 Å². The molecule has 0 radical (unpaired) electrons. The summed E-state index contributed by atoms with van der Waals surface area (Å²) >= 11 is 1.56. The summed E-state index contributed by atoms with van der Waals surface area (Å²) in [5.41, 5.74) is 1.42. The van der Waals surface area contributed by atoms with Crippen LogP contribution in [0.25, 0.3) is 21.0 Å². The van der Waals surface area contributed by atoms with Crippen molar-refractivity contribution in [2.45, 2.75) is 135 Å². The van der Waals surface area contributed by atoms with Crippen molar-refractivity contribution < 1.29 is 66.7 Å². The van der Waals surface area contributed by atoms with E-state index in [4.69, 9.17) is 48.0 Å². The smallest absolute Gasteiger partial charge is 0.330 e. The first-order valence-electron chi connectivity index (χ1n) is 31.1. The summed E-state index contributed by atoms with van der Waals surface area (Å²) in [5.74, 6) is -0.992. The Labute approximate surface area is 519 Å². The number of fused-ring (bicyclic) bond motifs is 2. The molecule has 0 aliphatic heterocycles. The van der Waals surface area contributed by atoms with E-state index in [2.05, 4.69) is 20.1 Å². The molecule has 5 aromatic carbocycles. The van der Waals surface area contributed by atoms with Gasteiger partial charge in [-0.1, -0.05) is 68.9 Å². The second-order valence-corrected chi connectivity index (χ2v) is 23.3. The van der Waals surface area contributed by atoms with E-state index >= 15 is 0 Å². The highest BCUT2D eigenvalue weighted by molar-refractivity contribution is 7.22. The number of rotatable bonds is 34. The number of carbonyl (C=O) groups excluding carboxylic acids is 6. The Kier molecular flexibility index (Phi) is 26.0. The van der Waals surface area contributed by atoms with Gasteiger partial charge >= 0.3 is 35.8 Å². The summed E-state index contributed by atoms with van der Waals surface area (Å²) in [6.45, 7) is 11.4. The third-order valence-electron chi connectivity index (χ3n) is 15.7. The summed E-state index contributed by atoms with van der Waals surface area (Å²) in [5, 5.41) is 9.15. The van der Waals surface area contributed by atoms with Crippen molar-refractivity contribution in [3.8, 4) is 34.5 Å². The molecule has 2 aliphatic carbocycles. The third kappa shape index (κ3) is 20.6. The number of benzene rings is 5. The van der Waals surface area contributed by atoms with E-state index in [1.165, 1.54) is 0 Å². The monoisotopic (exact) mass is 1220 g/mol. The minimum atomic E-state index is -0.447. The van der Waals surface area contributed by atoms with E-state index in [1.54, 1.807) is 84.3 Å². The van der Waals surface area contributed by atoms with Gasteiger partial charge in [0.05, 0.1) is 66.5 Å². The van der Waals surface area contributed by atoms with Gasteiger partial charge in [-0.25, -0.2) is 19.6 Å². The highest BCUT2D eigenvalue weighted by Gasteiger charge is 2.34. The lowest BCUT2D eigenvalue weighted by atomic mass is 9.82. The fourth-order valence-electron chi connectivity index (χ4n) is 10.6. The molecule has 0 bridgehead atoms. The molecule has 0 spiro atoms. The van der Waals surface area contributed by atoms with Crippen LogP contribution >= 0.6 is 11.3 Å². The molecule has 0 unspecified atom stereocenters. The first-order valence-corrected chi connectivity index (χ1v) is 31.9. The van der Waals surface area contributed by atoms with Gasteiger partial charge in [-0.3, -0.25) is 19.2 Å². The van der Waals surface area contributed by atoms with Crippen molar-refractivity contribution in [2.75, 3.05) is 38.0 Å². The summed E-state index contributed by atoms with van der Waals surface area (Å²) in [6, 6.07) is 31.0. The van der Waals surface area contributed by atoms with E-state index in [1.807, 2.05) is 41.4 Å². The fraction of sp³-hybridized carbons (Fsp3) is 0.429. The predicted molar refractivity (Wildman–Crippen MR) is 339 cm³/mol. The van der Waals surface area contributed by atoms with E-state index < -0.39 is 29.7 Å². The quantitative estimate of drug-likeness (QED) is 0.00920. The Morgan fingerprint density at radius 3 is 1.47 bits per heavy atom. The van der Waals surface area contributed by atoms with Crippen LogP contribution in [0.1, 0.15) is 141 Å². The van der Waals surface area contributed by atoms with Gasteiger partial charge in [0.2, 0.25) is 5.13 Å². The van der Waals surface area contributed by atoms with Crippen LogP contribution in [0.2, 0.25) is 0 Å². The summed E-state index contributed by atoms with van der Waals surface area (Å²) < 4.78 is 46.6. The van der Waals surface area contributed by atoms with Gasteiger partial charge in [-0.15, -0.1) is 0 Å². The predicted octanol–water partition coefficient (Wildman–Crippen LogP) is 14.8. The lowest BCUT2D eigenvalue weighted by Gasteiger charge is -2.26. The van der Waals surface area contributed by atoms with Gasteiger partial charge in [0.15, 0.2) is 0 Å². The first kappa shape index (κ1) is 65.6. The molecule has 0 N–H and O–H groups in total. The SMILES string of the molecule is C=CC(=O)OCCCCCCOc1ccc(OC(=O)C2CCC(C(=O)Oc3ccc4cc(OC(=O)C5CCC(C(=O)Oc6ccc(OCCCCCCOC(=O)C=C)cc6)CC5)c(C=NN(CCCCCC)c5nc6ccccc6s5)cc4c3)CC2)cc1. The zero-order valence-electron chi connectivity index (χ0n) is 50.4. The van der Waals surface area contributed by atoms with Crippen LogP contribution in [-0.2, 0) is 38.2 Å². The molecule has 88 heavy (non-hydrogen) atoms. The average Bonchev–Trinajstić information content (AvgIpc) is 3.59. The Balaban J connectivity index is 0.853. The molecule has 18 heteroatoms. The van der Waals surface area contributed by atoms with E-state index in [0.29, 0.717) is 124 Å². The molecule has 2 fully saturated rings. The van der Waals surface area contributed by atoms with Crippen molar-refractivity contribution in [1.82, 2.24) is 4.98 Å². The maximum atomic E-state index is 14.1. The van der Waals surface area contributed by atoms with Gasteiger partial charge in [0.25, 0.3) is 0 Å². The van der Waals surface area contributed by atoms with Crippen LogP contribution in [0.5, 0.6) is 34.5 Å². The Morgan fingerprint density at radius 2 is 0.966 bits per heavy atom. The molecular weight excluding hydrogens is 1140 g/mol. The maximum absolute atomic E-state index is 14.1.